The van der Waals surface area contributed by atoms with E-state index in [1.807, 2.05) is 55.3 Å². The summed E-state index contributed by atoms with van der Waals surface area (Å²) in [5, 5.41) is 15.0. The first-order valence-corrected chi connectivity index (χ1v) is 11.0. The molecule has 3 aromatic rings. The van der Waals surface area contributed by atoms with E-state index < -0.39 is 4.92 Å². The molecule has 2 aromatic carbocycles. The lowest BCUT2D eigenvalue weighted by molar-refractivity contribution is -0.384. The Balaban J connectivity index is 0.00000216. The Morgan fingerprint density at radius 1 is 1.06 bits per heavy atom. The van der Waals surface area contributed by atoms with Gasteiger partial charge in [0.2, 0.25) is 0 Å². The number of carbonyl (C=O) groups is 1. The average molecular weight is 519 g/mol. The molecule has 0 saturated carbocycles. The second-order valence-corrected chi connectivity index (χ2v) is 7.78. The Morgan fingerprint density at radius 3 is 2.34 bits per heavy atom. The van der Waals surface area contributed by atoms with Crippen LogP contribution in [0.1, 0.15) is 23.0 Å². The molecule has 1 amide bonds. The van der Waals surface area contributed by atoms with Gasteiger partial charge in [0, 0.05) is 37.3 Å². The number of halogens is 2. The highest BCUT2D eigenvalue weighted by atomic mass is 35.5. The minimum atomic E-state index is -0.423. The van der Waals surface area contributed by atoms with Gasteiger partial charge in [0.25, 0.3) is 11.6 Å². The fourth-order valence-electron chi connectivity index (χ4n) is 4.11. The van der Waals surface area contributed by atoms with Crippen LogP contribution in [0.2, 0.25) is 0 Å². The maximum absolute atomic E-state index is 13.8. The number of nitrogens with zero attached hydrogens (tertiary/aromatic N) is 4. The first-order valence-electron chi connectivity index (χ1n) is 11.0. The molecule has 0 unspecified atom stereocenters. The third kappa shape index (κ3) is 6.15. The maximum atomic E-state index is 13.8. The summed E-state index contributed by atoms with van der Waals surface area (Å²) >= 11 is 0. The van der Waals surface area contributed by atoms with E-state index in [1.54, 1.807) is 17.1 Å². The number of hydrazine groups is 1. The van der Waals surface area contributed by atoms with E-state index in [2.05, 4.69) is 0 Å². The van der Waals surface area contributed by atoms with Gasteiger partial charge in [-0.05, 0) is 31.0 Å². The standard InChI is InChI=1S/C25H26N4O4.2ClH/c1-3-28(27-12-14-33-15-13-27)25(30)24-18(2)26-23(17-22(24)19-8-5-4-6-9-19)20-10-7-11-21(16-20)29(31)32;;/h4-11,16-17H,3,12-15H2,1-2H3;2*1H. The molecule has 0 atom stereocenters. The van der Waals surface area contributed by atoms with E-state index in [4.69, 9.17) is 9.72 Å². The molecule has 1 aliphatic rings. The number of rotatable bonds is 6. The van der Waals surface area contributed by atoms with Crippen molar-refractivity contribution in [1.82, 2.24) is 15.0 Å². The van der Waals surface area contributed by atoms with Crippen LogP contribution in [0.3, 0.4) is 0 Å². The van der Waals surface area contributed by atoms with Crippen molar-refractivity contribution in [3.8, 4) is 22.4 Å². The SMILES string of the molecule is CCN(C(=O)c1c(-c2ccccc2)cc(-c2cccc([N+](=O)[O-])c2)nc1C)N1CCOCC1.Cl.Cl. The summed E-state index contributed by atoms with van der Waals surface area (Å²) in [5.74, 6) is -0.117. The summed E-state index contributed by atoms with van der Waals surface area (Å²) in [6, 6.07) is 17.9. The summed E-state index contributed by atoms with van der Waals surface area (Å²) in [5.41, 5.74) is 3.96. The number of hydrogen-bond donors (Lipinski definition) is 0. The number of pyridine rings is 1. The quantitative estimate of drug-likeness (QED) is 0.329. The summed E-state index contributed by atoms with van der Waals surface area (Å²) in [7, 11) is 0. The number of amides is 1. The molecule has 0 spiro atoms. The van der Waals surface area contributed by atoms with E-state index in [9.17, 15) is 14.9 Å². The van der Waals surface area contributed by atoms with E-state index >= 15 is 0 Å². The molecule has 0 bridgehead atoms. The van der Waals surface area contributed by atoms with Crippen LogP contribution in [0.25, 0.3) is 22.4 Å². The van der Waals surface area contributed by atoms with Crippen LogP contribution in [0, 0.1) is 17.0 Å². The van der Waals surface area contributed by atoms with Crippen molar-refractivity contribution in [3.63, 3.8) is 0 Å². The van der Waals surface area contributed by atoms with Crippen molar-refractivity contribution in [2.45, 2.75) is 13.8 Å². The van der Waals surface area contributed by atoms with Gasteiger partial charge in [-0.25, -0.2) is 5.01 Å². The molecule has 186 valence electrons. The molecule has 4 rings (SSSR count). The van der Waals surface area contributed by atoms with Crippen LogP contribution in [-0.4, -0.2) is 58.7 Å². The monoisotopic (exact) mass is 518 g/mol. The summed E-state index contributed by atoms with van der Waals surface area (Å²) in [6.07, 6.45) is 0. The number of ether oxygens (including phenoxy) is 1. The number of morpholine rings is 1. The number of benzene rings is 2. The Bertz CT molecular complexity index is 1170. The fraction of sp³-hybridized carbons (Fsp3) is 0.280. The van der Waals surface area contributed by atoms with Gasteiger partial charge in [-0.1, -0.05) is 42.5 Å². The van der Waals surface area contributed by atoms with Crippen LogP contribution in [-0.2, 0) is 4.74 Å². The smallest absolute Gasteiger partial charge is 0.270 e. The number of carbonyl (C=O) groups excluding carboxylic acids is 1. The molecular formula is C25H28Cl2N4O4. The minimum absolute atomic E-state index is 0. The molecule has 0 N–H and O–H groups in total. The Hall–Kier alpha value is -3.04. The van der Waals surface area contributed by atoms with Gasteiger partial charge in [-0.15, -0.1) is 24.8 Å². The van der Waals surface area contributed by atoms with E-state index in [0.717, 1.165) is 11.1 Å². The highest BCUT2D eigenvalue weighted by molar-refractivity contribution is 6.02. The van der Waals surface area contributed by atoms with Crippen LogP contribution >= 0.6 is 24.8 Å². The topological polar surface area (TPSA) is 88.8 Å². The van der Waals surface area contributed by atoms with Crippen LogP contribution in [0.4, 0.5) is 5.69 Å². The van der Waals surface area contributed by atoms with Gasteiger partial charge in [-0.2, -0.15) is 0 Å². The van der Waals surface area contributed by atoms with Crippen LogP contribution in [0.15, 0.2) is 60.7 Å². The second kappa shape index (κ2) is 12.6. The number of hydrogen-bond acceptors (Lipinski definition) is 6. The molecule has 10 heteroatoms. The summed E-state index contributed by atoms with van der Waals surface area (Å²) in [4.78, 5) is 29.3. The predicted molar refractivity (Wildman–Crippen MR) is 140 cm³/mol. The zero-order valence-corrected chi connectivity index (χ0v) is 21.2. The molecule has 1 saturated heterocycles. The number of non-ortho nitro benzene ring substituents is 1. The van der Waals surface area contributed by atoms with E-state index in [0.29, 0.717) is 55.4 Å². The van der Waals surface area contributed by atoms with Gasteiger partial charge >= 0.3 is 0 Å². The highest BCUT2D eigenvalue weighted by Gasteiger charge is 2.28. The summed E-state index contributed by atoms with van der Waals surface area (Å²) in [6.45, 7) is 6.76. The number of nitro groups is 1. The lowest BCUT2D eigenvalue weighted by atomic mass is 9.95. The number of aryl methyl sites for hydroxylation is 1. The lowest BCUT2D eigenvalue weighted by Crippen LogP contribution is -2.51. The zero-order valence-electron chi connectivity index (χ0n) is 19.5. The maximum Gasteiger partial charge on any atom is 0.270 e. The lowest BCUT2D eigenvalue weighted by Gasteiger charge is -2.37. The fourth-order valence-corrected chi connectivity index (χ4v) is 4.11. The highest BCUT2D eigenvalue weighted by Crippen LogP contribution is 2.32. The second-order valence-electron chi connectivity index (χ2n) is 7.78. The Morgan fingerprint density at radius 2 is 1.71 bits per heavy atom. The Labute approximate surface area is 216 Å². The molecule has 0 radical (unpaired) electrons. The van der Waals surface area contributed by atoms with Gasteiger partial charge < -0.3 is 4.74 Å². The molecule has 1 fully saturated rings. The zero-order chi connectivity index (χ0) is 23.4. The molecule has 8 nitrogen and oxygen atoms in total. The third-order valence-corrected chi connectivity index (χ3v) is 5.71. The van der Waals surface area contributed by atoms with Crippen molar-refractivity contribution in [2.24, 2.45) is 0 Å². The molecule has 1 aromatic heterocycles. The number of nitro benzene ring substituents is 1. The van der Waals surface area contributed by atoms with Crippen molar-refractivity contribution >= 4 is 36.4 Å². The third-order valence-electron chi connectivity index (χ3n) is 5.71. The predicted octanol–water partition coefficient (Wildman–Crippen LogP) is 5.19. The first-order chi connectivity index (χ1) is 16.0. The van der Waals surface area contributed by atoms with Gasteiger partial charge in [0.05, 0.1) is 35.1 Å². The Kier molecular flexibility index (Phi) is 10.2. The minimum Gasteiger partial charge on any atom is -0.379 e. The first kappa shape index (κ1) is 28.2. The van der Waals surface area contributed by atoms with Gasteiger partial charge in [-0.3, -0.25) is 24.9 Å². The van der Waals surface area contributed by atoms with Gasteiger partial charge in [0.1, 0.15) is 0 Å². The largest absolute Gasteiger partial charge is 0.379 e. The van der Waals surface area contributed by atoms with Crippen molar-refractivity contribution in [2.75, 3.05) is 32.8 Å². The molecule has 2 heterocycles. The van der Waals surface area contributed by atoms with Crippen LogP contribution < -0.4 is 0 Å². The molecular weight excluding hydrogens is 491 g/mol. The van der Waals surface area contributed by atoms with Crippen molar-refractivity contribution < 1.29 is 14.5 Å². The van der Waals surface area contributed by atoms with Crippen molar-refractivity contribution in [3.05, 3.63) is 82.0 Å². The molecule has 0 aliphatic carbocycles. The van der Waals surface area contributed by atoms with Crippen molar-refractivity contribution in [1.29, 1.82) is 0 Å². The van der Waals surface area contributed by atoms with E-state index in [-0.39, 0.29) is 36.4 Å². The summed E-state index contributed by atoms with van der Waals surface area (Å²) < 4.78 is 5.45. The average Bonchev–Trinajstić information content (AvgIpc) is 2.85. The van der Waals surface area contributed by atoms with E-state index in [1.165, 1.54) is 12.1 Å². The normalized spacial score (nSPS) is 13.3. The van der Waals surface area contributed by atoms with Crippen LogP contribution in [0.5, 0.6) is 0 Å². The van der Waals surface area contributed by atoms with Gasteiger partial charge in [0.15, 0.2) is 0 Å². The molecule has 1 aliphatic heterocycles. The number of aromatic nitrogens is 1. The molecule has 35 heavy (non-hydrogen) atoms.